The first-order valence-electron chi connectivity index (χ1n) is 4.60. The highest BCUT2D eigenvalue weighted by atomic mass is 16.5. The van der Waals surface area contributed by atoms with Gasteiger partial charge in [-0.05, 0) is 17.7 Å². The van der Waals surface area contributed by atoms with Crippen LogP contribution >= 0.6 is 0 Å². The standard InChI is InChI=1S/C11H13NO4/c1-15-9-4-3-7(6-10(9)16-2)5-8(12)11(13)14/h3-4,6,12H,5H2,1-2H3,(H,13,14). The van der Waals surface area contributed by atoms with Gasteiger partial charge in [0.15, 0.2) is 11.5 Å². The van der Waals surface area contributed by atoms with Crippen LogP contribution in [0, 0.1) is 5.41 Å². The van der Waals surface area contributed by atoms with Crippen molar-refractivity contribution in [1.29, 1.82) is 5.41 Å². The molecule has 5 nitrogen and oxygen atoms in total. The molecule has 0 aliphatic rings. The zero-order valence-electron chi connectivity index (χ0n) is 9.11. The Bertz CT molecular complexity index is 414. The second kappa shape index (κ2) is 5.16. The van der Waals surface area contributed by atoms with Crippen molar-refractivity contribution in [3.05, 3.63) is 23.8 Å². The number of carboxylic acid groups (broad SMARTS) is 1. The van der Waals surface area contributed by atoms with Crippen molar-refractivity contribution < 1.29 is 19.4 Å². The summed E-state index contributed by atoms with van der Waals surface area (Å²) in [6.45, 7) is 0. The van der Waals surface area contributed by atoms with E-state index in [-0.39, 0.29) is 12.1 Å². The maximum Gasteiger partial charge on any atom is 0.349 e. The Labute approximate surface area is 93.1 Å². The van der Waals surface area contributed by atoms with Crippen LogP contribution in [0.15, 0.2) is 18.2 Å². The molecule has 1 rings (SSSR count). The minimum absolute atomic E-state index is 0.0652. The van der Waals surface area contributed by atoms with E-state index in [9.17, 15) is 4.79 Å². The summed E-state index contributed by atoms with van der Waals surface area (Å²) in [5.74, 6) is -0.110. The molecule has 0 heterocycles. The Morgan fingerprint density at radius 1 is 1.31 bits per heavy atom. The summed E-state index contributed by atoms with van der Waals surface area (Å²) in [6.07, 6.45) is 0.0652. The molecule has 0 radical (unpaired) electrons. The lowest BCUT2D eigenvalue weighted by Crippen LogP contribution is -2.14. The molecule has 0 amide bonds. The summed E-state index contributed by atoms with van der Waals surface area (Å²) in [5.41, 5.74) is 0.345. The molecule has 1 aromatic rings. The van der Waals surface area contributed by atoms with Gasteiger partial charge in [-0.3, -0.25) is 5.41 Å². The van der Waals surface area contributed by atoms with E-state index in [0.717, 1.165) is 0 Å². The van der Waals surface area contributed by atoms with Gasteiger partial charge in [-0.2, -0.15) is 0 Å². The Balaban J connectivity index is 2.91. The summed E-state index contributed by atoms with van der Waals surface area (Å²) in [6, 6.07) is 5.05. The Hall–Kier alpha value is -2.04. The van der Waals surface area contributed by atoms with Crippen LogP contribution in [0.4, 0.5) is 0 Å². The number of rotatable bonds is 5. The third-order valence-corrected chi connectivity index (χ3v) is 2.09. The van der Waals surface area contributed by atoms with Gasteiger partial charge >= 0.3 is 5.97 Å². The second-order valence-corrected chi connectivity index (χ2v) is 3.15. The molecule has 0 unspecified atom stereocenters. The lowest BCUT2D eigenvalue weighted by Gasteiger charge is -2.09. The highest BCUT2D eigenvalue weighted by molar-refractivity contribution is 6.34. The maximum absolute atomic E-state index is 10.5. The molecule has 0 aliphatic heterocycles. The van der Waals surface area contributed by atoms with E-state index in [4.69, 9.17) is 20.0 Å². The number of benzene rings is 1. The number of nitrogens with one attached hydrogen (secondary N) is 1. The predicted octanol–water partition coefficient (Wildman–Crippen LogP) is 1.35. The Morgan fingerprint density at radius 3 is 2.44 bits per heavy atom. The van der Waals surface area contributed by atoms with Crippen molar-refractivity contribution in [2.24, 2.45) is 0 Å². The lowest BCUT2D eigenvalue weighted by molar-refractivity contribution is -0.129. The number of carboxylic acids is 1. The molecule has 16 heavy (non-hydrogen) atoms. The molecule has 0 saturated carbocycles. The monoisotopic (exact) mass is 223 g/mol. The number of ether oxygens (including phenoxy) is 2. The minimum Gasteiger partial charge on any atom is -0.493 e. The van der Waals surface area contributed by atoms with Gasteiger partial charge in [-0.25, -0.2) is 4.79 Å². The summed E-state index contributed by atoms with van der Waals surface area (Å²) >= 11 is 0. The molecule has 5 heteroatoms. The van der Waals surface area contributed by atoms with Gasteiger partial charge in [0.05, 0.1) is 14.2 Å². The average Bonchev–Trinajstić information content (AvgIpc) is 2.28. The topological polar surface area (TPSA) is 79.6 Å². The van der Waals surface area contributed by atoms with Crippen LogP contribution in [0.2, 0.25) is 0 Å². The fraction of sp³-hybridized carbons (Fsp3) is 0.273. The van der Waals surface area contributed by atoms with Crippen molar-refractivity contribution >= 4 is 11.7 Å². The van der Waals surface area contributed by atoms with Crippen LogP contribution in [0.3, 0.4) is 0 Å². The molecule has 0 aromatic heterocycles. The third-order valence-electron chi connectivity index (χ3n) is 2.09. The van der Waals surface area contributed by atoms with E-state index in [1.54, 1.807) is 18.2 Å². The molecule has 1 aromatic carbocycles. The molecule has 0 atom stereocenters. The Morgan fingerprint density at radius 2 is 1.94 bits per heavy atom. The van der Waals surface area contributed by atoms with E-state index >= 15 is 0 Å². The van der Waals surface area contributed by atoms with Gasteiger partial charge in [-0.15, -0.1) is 0 Å². The van der Waals surface area contributed by atoms with Crippen LogP contribution < -0.4 is 9.47 Å². The molecule has 0 fully saturated rings. The van der Waals surface area contributed by atoms with Gasteiger partial charge in [0.25, 0.3) is 0 Å². The van der Waals surface area contributed by atoms with Crippen LogP contribution in [-0.4, -0.2) is 31.0 Å². The second-order valence-electron chi connectivity index (χ2n) is 3.15. The van der Waals surface area contributed by atoms with Gasteiger partial charge < -0.3 is 14.6 Å². The smallest absolute Gasteiger partial charge is 0.349 e. The molecular formula is C11H13NO4. The van der Waals surface area contributed by atoms with Crippen molar-refractivity contribution in [1.82, 2.24) is 0 Å². The van der Waals surface area contributed by atoms with Gasteiger partial charge in [0, 0.05) is 6.42 Å². The van der Waals surface area contributed by atoms with Gasteiger partial charge in [0.2, 0.25) is 0 Å². The molecule has 0 saturated heterocycles. The first kappa shape index (κ1) is 12.0. The third kappa shape index (κ3) is 2.73. The first-order valence-corrected chi connectivity index (χ1v) is 4.60. The fourth-order valence-corrected chi connectivity index (χ4v) is 1.27. The van der Waals surface area contributed by atoms with Crippen molar-refractivity contribution in [2.45, 2.75) is 6.42 Å². The number of hydrogen-bond acceptors (Lipinski definition) is 4. The summed E-state index contributed by atoms with van der Waals surface area (Å²) in [4.78, 5) is 10.5. The molecular weight excluding hydrogens is 210 g/mol. The largest absolute Gasteiger partial charge is 0.493 e. The van der Waals surface area contributed by atoms with E-state index in [0.29, 0.717) is 17.1 Å². The maximum atomic E-state index is 10.5. The van der Waals surface area contributed by atoms with Gasteiger partial charge in [0.1, 0.15) is 5.71 Å². The van der Waals surface area contributed by atoms with Crippen LogP contribution in [0.5, 0.6) is 11.5 Å². The SMILES string of the molecule is COc1ccc(CC(=N)C(=O)O)cc1OC. The van der Waals surface area contributed by atoms with Crippen LogP contribution in [-0.2, 0) is 11.2 Å². The van der Waals surface area contributed by atoms with Gasteiger partial charge in [-0.1, -0.05) is 6.07 Å². The molecule has 86 valence electrons. The quantitative estimate of drug-likeness (QED) is 0.738. The molecule has 0 bridgehead atoms. The minimum atomic E-state index is -1.21. The number of methoxy groups -OCH3 is 2. The number of hydrogen-bond donors (Lipinski definition) is 2. The average molecular weight is 223 g/mol. The summed E-state index contributed by atoms with van der Waals surface area (Å²) in [7, 11) is 3.03. The molecule has 2 N–H and O–H groups in total. The predicted molar refractivity (Wildman–Crippen MR) is 58.6 cm³/mol. The summed E-state index contributed by atoms with van der Waals surface area (Å²) < 4.78 is 10.1. The van der Waals surface area contributed by atoms with E-state index in [1.807, 2.05) is 0 Å². The van der Waals surface area contributed by atoms with Crippen molar-refractivity contribution in [3.63, 3.8) is 0 Å². The first-order chi connectivity index (χ1) is 7.58. The van der Waals surface area contributed by atoms with Crippen molar-refractivity contribution in [3.8, 4) is 11.5 Å². The summed E-state index contributed by atoms with van der Waals surface area (Å²) in [5, 5.41) is 15.8. The van der Waals surface area contributed by atoms with Crippen LogP contribution in [0.25, 0.3) is 0 Å². The van der Waals surface area contributed by atoms with E-state index in [1.165, 1.54) is 14.2 Å². The zero-order chi connectivity index (χ0) is 12.1. The van der Waals surface area contributed by atoms with Crippen LogP contribution in [0.1, 0.15) is 5.56 Å². The number of aliphatic carboxylic acids is 1. The van der Waals surface area contributed by atoms with E-state index in [2.05, 4.69) is 0 Å². The van der Waals surface area contributed by atoms with E-state index < -0.39 is 5.97 Å². The lowest BCUT2D eigenvalue weighted by atomic mass is 10.1. The Kier molecular flexibility index (Phi) is 3.88. The zero-order valence-corrected chi connectivity index (χ0v) is 9.11. The molecule has 0 aliphatic carbocycles. The normalized spacial score (nSPS) is 9.62. The highest BCUT2D eigenvalue weighted by Gasteiger charge is 2.10. The van der Waals surface area contributed by atoms with Crippen molar-refractivity contribution in [2.75, 3.05) is 14.2 Å². The molecule has 0 spiro atoms. The number of carbonyl (C=O) groups is 1. The fourth-order valence-electron chi connectivity index (χ4n) is 1.27. The highest BCUT2D eigenvalue weighted by Crippen LogP contribution is 2.27.